The van der Waals surface area contributed by atoms with Crippen LogP contribution in [0.15, 0.2) is 24.3 Å². The minimum absolute atomic E-state index is 0.414. The van der Waals surface area contributed by atoms with Crippen LogP contribution in [-0.2, 0) is 6.42 Å². The van der Waals surface area contributed by atoms with Crippen molar-refractivity contribution in [2.24, 2.45) is 0 Å². The number of aryl methyl sites for hydroxylation is 1. The van der Waals surface area contributed by atoms with Gasteiger partial charge in [0.05, 0.1) is 0 Å². The van der Waals surface area contributed by atoms with Crippen LogP contribution in [0.1, 0.15) is 56.6 Å². The topological polar surface area (TPSA) is 43.1 Å². The van der Waals surface area contributed by atoms with Crippen LogP contribution < -0.4 is 0 Å². The van der Waals surface area contributed by atoms with Gasteiger partial charge in [-0.25, -0.2) is 0 Å². The third kappa shape index (κ3) is 6.38. The normalized spacial score (nSPS) is 10.5. The van der Waals surface area contributed by atoms with Crippen molar-refractivity contribution in [1.82, 2.24) is 0 Å². The highest BCUT2D eigenvalue weighted by Crippen LogP contribution is 2.12. The van der Waals surface area contributed by atoms with Gasteiger partial charge in [-0.2, -0.15) is 0 Å². The molecular weight excluding hydrogens is 226 g/mol. The van der Waals surface area contributed by atoms with E-state index in [1.165, 1.54) is 44.1 Å². The maximum atomic E-state index is 10.3. The number of nitro groups is 1. The Bertz CT molecular complexity index is 346. The Hall–Kier alpha value is -1.38. The third-order valence-electron chi connectivity index (χ3n) is 3.05. The minimum Gasteiger partial charge on any atom is -0.264 e. The fraction of sp³-hybridized carbons (Fsp3) is 0.533. The molecular formula is C15H22NO2. The zero-order valence-electron chi connectivity index (χ0n) is 11.1. The summed E-state index contributed by atoms with van der Waals surface area (Å²) < 4.78 is 0. The summed E-state index contributed by atoms with van der Waals surface area (Å²) in [6.07, 6.45) is 8.85. The molecule has 0 saturated heterocycles. The number of benzene rings is 1. The average Bonchev–Trinajstić information content (AvgIpc) is 2.35. The molecule has 0 aliphatic carbocycles. The van der Waals surface area contributed by atoms with Crippen molar-refractivity contribution >= 4 is 0 Å². The Morgan fingerprint density at radius 2 is 1.67 bits per heavy atom. The van der Waals surface area contributed by atoms with E-state index in [0.29, 0.717) is 5.56 Å². The highest BCUT2D eigenvalue weighted by atomic mass is 16.6. The fourth-order valence-electron chi connectivity index (χ4n) is 2.00. The molecule has 1 rings (SSSR count). The molecule has 0 aromatic heterocycles. The molecule has 0 amide bonds. The minimum atomic E-state index is -0.414. The summed E-state index contributed by atoms with van der Waals surface area (Å²) in [7, 11) is 0. The smallest absolute Gasteiger partial charge is 0.264 e. The molecule has 1 radical (unpaired) electrons. The Morgan fingerprint density at radius 3 is 2.28 bits per heavy atom. The maximum absolute atomic E-state index is 10.3. The number of rotatable bonds is 9. The van der Waals surface area contributed by atoms with Crippen molar-refractivity contribution < 1.29 is 4.92 Å². The van der Waals surface area contributed by atoms with Gasteiger partial charge in [0, 0.05) is 10.5 Å². The van der Waals surface area contributed by atoms with Gasteiger partial charge >= 0.3 is 6.54 Å². The second-order valence-electron chi connectivity index (χ2n) is 4.67. The lowest BCUT2D eigenvalue weighted by Crippen LogP contribution is -1.95. The Labute approximate surface area is 109 Å². The van der Waals surface area contributed by atoms with Crippen molar-refractivity contribution in [3.63, 3.8) is 0 Å². The van der Waals surface area contributed by atoms with E-state index in [-0.39, 0.29) is 0 Å². The largest absolute Gasteiger partial charge is 0.308 e. The quantitative estimate of drug-likeness (QED) is 0.370. The van der Waals surface area contributed by atoms with Gasteiger partial charge in [-0.15, -0.1) is 0 Å². The predicted octanol–water partition coefficient (Wildman–Crippen LogP) is 4.38. The van der Waals surface area contributed by atoms with Crippen LogP contribution >= 0.6 is 0 Å². The van der Waals surface area contributed by atoms with Gasteiger partial charge in [0.2, 0.25) is 0 Å². The lowest BCUT2D eigenvalue weighted by atomic mass is 10.0. The van der Waals surface area contributed by atoms with Gasteiger partial charge in [0.25, 0.3) is 0 Å². The van der Waals surface area contributed by atoms with Crippen LogP contribution in [0.4, 0.5) is 0 Å². The van der Waals surface area contributed by atoms with E-state index in [9.17, 15) is 10.1 Å². The van der Waals surface area contributed by atoms with Crippen molar-refractivity contribution in [3.8, 4) is 0 Å². The van der Waals surface area contributed by atoms with E-state index in [2.05, 4.69) is 6.92 Å². The van der Waals surface area contributed by atoms with E-state index in [1.54, 1.807) is 0 Å². The molecule has 0 atom stereocenters. The molecule has 0 heterocycles. The number of nitrogens with zero attached hydrogens (tertiary/aromatic N) is 1. The third-order valence-corrected chi connectivity index (χ3v) is 3.05. The molecule has 0 aliphatic rings. The predicted molar refractivity (Wildman–Crippen MR) is 73.9 cm³/mol. The zero-order valence-corrected chi connectivity index (χ0v) is 11.1. The summed E-state index contributed by atoms with van der Waals surface area (Å²) in [4.78, 5) is 9.89. The van der Waals surface area contributed by atoms with Gasteiger partial charge in [0.15, 0.2) is 0 Å². The average molecular weight is 248 g/mol. The van der Waals surface area contributed by atoms with Gasteiger partial charge in [-0.1, -0.05) is 63.3 Å². The van der Waals surface area contributed by atoms with Crippen molar-refractivity contribution in [2.75, 3.05) is 0 Å². The molecule has 1 aromatic rings. The standard InChI is InChI=1S/C15H22NO2/c1-2-3-4-5-6-7-8-14-9-11-15(12-10-14)13-16(17)18/h9-13H,2-8H2,1H3. The molecule has 0 saturated carbocycles. The molecule has 0 bridgehead atoms. The van der Waals surface area contributed by atoms with Crippen LogP contribution in [-0.4, -0.2) is 4.92 Å². The van der Waals surface area contributed by atoms with Crippen LogP contribution in [0.2, 0.25) is 0 Å². The first-order valence-corrected chi connectivity index (χ1v) is 6.79. The molecule has 1 aromatic carbocycles. The van der Waals surface area contributed by atoms with Crippen LogP contribution in [0.5, 0.6) is 0 Å². The monoisotopic (exact) mass is 248 g/mol. The number of hydrogen-bond acceptors (Lipinski definition) is 2. The van der Waals surface area contributed by atoms with Crippen LogP contribution in [0, 0.1) is 16.7 Å². The van der Waals surface area contributed by atoms with Gasteiger partial charge < -0.3 is 0 Å². The second kappa shape index (κ2) is 8.67. The Morgan fingerprint density at radius 1 is 1.06 bits per heavy atom. The van der Waals surface area contributed by atoms with E-state index in [4.69, 9.17) is 0 Å². The number of unbranched alkanes of at least 4 members (excludes halogenated alkanes) is 5. The second-order valence-corrected chi connectivity index (χ2v) is 4.67. The molecule has 99 valence electrons. The van der Waals surface area contributed by atoms with E-state index < -0.39 is 4.92 Å². The SMILES string of the molecule is CCCCCCCCc1ccc([CH][N+](=O)[O-])cc1. The number of hydrogen-bond donors (Lipinski definition) is 0. The molecule has 3 nitrogen and oxygen atoms in total. The summed E-state index contributed by atoms with van der Waals surface area (Å²) in [6, 6.07) is 7.60. The molecule has 3 heteroatoms. The first kappa shape index (κ1) is 14.7. The summed E-state index contributed by atoms with van der Waals surface area (Å²) in [5, 5.41) is 10.3. The summed E-state index contributed by atoms with van der Waals surface area (Å²) in [5.41, 5.74) is 1.93. The highest BCUT2D eigenvalue weighted by molar-refractivity contribution is 5.25. The molecule has 0 fully saturated rings. The Balaban J connectivity index is 2.20. The lowest BCUT2D eigenvalue weighted by Gasteiger charge is -2.02. The molecule has 18 heavy (non-hydrogen) atoms. The summed E-state index contributed by atoms with van der Waals surface area (Å²) >= 11 is 0. The van der Waals surface area contributed by atoms with Gasteiger partial charge in [-0.05, 0) is 18.4 Å². The van der Waals surface area contributed by atoms with Gasteiger partial charge in [0.1, 0.15) is 0 Å². The molecule has 0 N–H and O–H groups in total. The van der Waals surface area contributed by atoms with Crippen molar-refractivity contribution in [2.45, 2.75) is 51.9 Å². The molecule has 0 spiro atoms. The van der Waals surface area contributed by atoms with E-state index in [0.717, 1.165) is 13.0 Å². The van der Waals surface area contributed by atoms with Crippen molar-refractivity contribution in [3.05, 3.63) is 52.1 Å². The fourth-order valence-corrected chi connectivity index (χ4v) is 2.00. The van der Waals surface area contributed by atoms with E-state index >= 15 is 0 Å². The summed E-state index contributed by atoms with van der Waals surface area (Å²) in [6.45, 7) is 3.26. The zero-order chi connectivity index (χ0) is 13.2. The lowest BCUT2D eigenvalue weighted by molar-refractivity contribution is -0.429. The Kier molecular flexibility index (Phi) is 7.07. The van der Waals surface area contributed by atoms with Crippen molar-refractivity contribution in [1.29, 1.82) is 0 Å². The summed E-state index contributed by atoms with van der Waals surface area (Å²) in [5.74, 6) is 0. The molecule has 0 aliphatic heterocycles. The van der Waals surface area contributed by atoms with Gasteiger partial charge in [-0.3, -0.25) is 10.1 Å². The first-order chi connectivity index (χ1) is 8.72. The molecule has 0 unspecified atom stereocenters. The maximum Gasteiger partial charge on any atom is 0.308 e. The highest BCUT2D eigenvalue weighted by Gasteiger charge is 2.03. The van der Waals surface area contributed by atoms with E-state index in [1.807, 2.05) is 24.3 Å². The van der Waals surface area contributed by atoms with Crippen LogP contribution in [0.3, 0.4) is 0 Å². The van der Waals surface area contributed by atoms with Crippen LogP contribution in [0.25, 0.3) is 0 Å². The first-order valence-electron chi connectivity index (χ1n) is 6.79.